The van der Waals surface area contributed by atoms with Crippen molar-refractivity contribution in [3.8, 4) is 0 Å². The molecule has 1 radical (unpaired) electrons. The Balaban J connectivity index is 1.96. The van der Waals surface area contributed by atoms with Crippen molar-refractivity contribution in [1.29, 1.82) is 0 Å². The Labute approximate surface area is 86.0 Å². The fourth-order valence-electron chi connectivity index (χ4n) is 2.03. The van der Waals surface area contributed by atoms with Gasteiger partial charge in [0.05, 0.1) is 0 Å². The highest BCUT2D eigenvalue weighted by molar-refractivity contribution is 5.44. The van der Waals surface area contributed by atoms with Gasteiger partial charge in [0.25, 0.3) is 0 Å². The Morgan fingerprint density at radius 3 is 2.50 bits per heavy atom. The van der Waals surface area contributed by atoms with Gasteiger partial charge >= 0.3 is 0 Å². The van der Waals surface area contributed by atoms with Gasteiger partial charge in [-0.3, -0.25) is 4.98 Å². The maximum absolute atomic E-state index is 4.03. The Hall–Kier alpha value is -1.05. The van der Waals surface area contributed by atoms with Crippen LogP contribution in [-0.4, -0.2) is 18.1 Å². The zero-order valence-electron chi connectivity index (χ0n) is 8.52. The Morgan fingerprint density at radius 1 is 1.29 bits per heavy atom. The van der Waals surface area contributed by atoms with Crippen LogP contribution < -0.4 is 4.90 Å². The van der Waals surface area contributed by atoms with Crippen molar-refractivity contribution < 1.29 is 0 Å². The lowest BCUT2D eigenvalue weighted by Gasteiger charge is -2.33. The largest absolute Gasteiger partial charge is 0.371 e. The average Bonchev–Trinajstić information content (AvgIpc) is 2.30. The number of piperidine rings is 1. The fourth-order valence-corrected chi connectivity index (χ4v) is 2.03. The smallest absolute Gasteiger partial charge is 0.0397 e. The first-order chi connectivity index (χ1) is 6.90. The molecule has 0 bridgehead atoms. The molecule has 1 fully saturated rings. The molecule has 0 N–H and O–H groups in total. The summed E-state index contributed by atoms with van der Waals surface area (Å²) in [7, 11) is 0. The number of aromatic nitrogens is 1. The van der Waals surface area contributed by atoms with E-state index >= 15 is 0 Å². The molecular formula is C12H17N2. The standard InChI is InChI=1S/C12H17N2/c1-2-11-5-9-14(10-6-11)12-3-7-13-8-4-12/h3-4,7-8,11H,1-2,5-6,9-10H2. The van der Waals surface area contributed by atoms with Gasteiger partial charge in [0.2, 0.25) is 0 Å². The molecule has 1 aliphatic rings. The molecule has 2 nitrogen and oxygen atoms in total. The Morgan fingerprint density at radius 2 is 1.93 bits per heavy atom. The second kappa shape index (κ2) is 4.45. The predicted octanol–water partition coefficient (Wildman–Crippen LogP) is 2.52. The number of anilines is 1. The predicted molar refractivity (Wildman–Crippen MR) is 59.1 cm³/mol. The van der Waals surface area contributed by atoms with Crippen molar-refractivity contribution >= 4 is 5.69 Å². The monoisotopic (exact) mass is 189 g/mol. The molecule has 1 saturated heterocycles. The highest BCUT2D eigenvalue weighted by Gasteiger charge is 2.17. The molecule has 1 aliphatic heterocycles. The fraction of sp³-hybridized carbons (Fsp3) is 0.500. The van der Waals surface area contributed by atoms with Crippen molar-refractivity contribution in [2.45, 2.75) is 19.3 Å². The molecule has 0 saturated carbocycles. The molecule has 14 heavy (non-hydrogen) atoms. The quantitative estimate of drug-likeness (QED) is 0.710. The first kappa shape index (κ1) is 9.50. The topological polar surface area (TPSA) is 16.1 Å². The van der Waals surface area contributed by atoms with Crippen LogP contribution in [0.2, 0.25) is 0 Å². The SMILES string of the molecule is [CH2]CC1CCN(c2ccncc2)CC1. The van der Waals surface area contributed by atoms with E-state index in [1.807, 2.05) is 12.4 Å². The minimum atomic E-state index is 0.841. The van der Waals surface area contributed by atoms with Gasteiger partial charge in [-0.25, -0.2) is 0 Å². The summed E-state index contributed by atoms with van der Waals surface area (Å²) < 4.78 is 0. The molecule has 75 valence electrons. The van der Waals surface area contributed by atoms with E-state index in [-0.39, 0.29) is 0 Å². The third-order valence-corrected chi connectivity index (χ3v) is 3.05. The molecule has 0 unspecified atom stereocenters. The first-order valence-corrected chi connectivity index (χ1v) is 5.34. The normalized spacial score (nSPS) is 18.5. The summed E-state index contributed by atoms with van der Waals surface area (Å²) in [6.45, 7) is 6.32. The van der Waals surface area contributed by atoms with Crippen LogP contribution in [-0.2, 0) is 0 Å². The molecule has 0 atom stereocenters. The lowest BCUT2D eigenvalue weighted by Crippen LogP contribution is -2.33. The minimum Gasteiger partial charge on any atom is -0.371 e. The van der Waals surface area contributed by atoms with E-state index in [1.165, 1.54) is 31.6 Å². The summed E-state index contributed by atoms with van der Waals surface area (Å²) in [5.74, 6) is 0.841. The second-order valence-corrected chi connectivity index (χ2v) is 3.92. The van der Waals surface area contributed by atoms with Crippen LogP contribution in [0, 0.1) is 12.8 Å². The molecule has 0 spiro atoms. The summed E-state index contributed by atoms with van der Waals surface area (Å²) in [6.07, 6.45) is 7.38. The van der Waals surface area contributed by atoms with Gasteiger partial charge < -0.3 is 4.90 Å². The molecule has 1 aromatic rings. The highest BCUT2D eigenvalue weighted by Crippen LogP contribution is 2.23. The average molecular weight is 189 g/mol. The van der Waals surface area contributed by atoms with Crippen LogP contribution in [0.3, 0.4) is 0 Å². The third kappa shape index (κ3) is 2.06. The van der Waals surface area contributed by atoms with E-state index in [1.54, 1.807) is 0 Å². The summed E-state index contributed by atoms with van der Waals surface area (Å²) >= 11 is 0. The van der Waals surface area contributed by atoms with Gasteiger partial charge in [-0.15, -0.1) is 0 Å². The van der Waals surface area contributed by atoms with Crippen molar-refractivity contribution in [1.82, 2.24) is 4.98 Å². The zero-order valence-corrected chi connectivity index (χ0v) is 8.52. The van der Waals surface area contributed by atoms with Crippen molar-refractivity contribution in [3.05, 3.63) is 31.5 Å². The summed E-state index contributed by atoms with van der Waals surface area (Å²) in [5, 5.41) is 0. The maximum Gasteiger partial charge on any atom is 0.0397 e. The lowest BCUT2D eigenvalue weighted by atomic mass is 9.94. The van der Waals surface area contributed by atoms with E-state index in [2.05, 4.69) is 28.9 Å². The summed E-state index contributed by atoms with van der Waals surface area (Å²) in [4.78, 5) is 6.47. The van der Waals surface area contributed by atoms with Crippen LogP contribution in [0.15, 0.2) is 24.5 Å². The van der Waals surface area contributed by atoms with Crippen molar-refractivity contribution in [2.24, 2.45) is 5.92 Å². The maximum atomic E-state index is 4.03. The molecule has 0 aromatic carbocycles. The van der Waals surface area contributed by atoms with Crippen LogP contribution in [0.25, 0.3) is 0 Å². The number of pyridine rings is 1. The van der Waals surface area contributed by atoms with Crippen molar-refractivity contribution in [2.75, 3.05) is 18.0 Å². The molecule has 1 aromatic heterocycles. The van der Waals surface area contributed by atoms with Gasteiger partial charge in [-0.1, -0.05) is 13.3 Å². The number of hydrogen-bond donors (Lipinski definition) is 0. The zero-order chi connectivity index (χ0) is 9.80. The van der Waals surface area contributed by atoms with Crippen LogP contribution in [0.4, 0.5) is 5.69 Å². The number of nitrogens with zero attached hydrogens (tertiary/aromatic N) is 2. The number of hydrogen-bond acceptors (Lipinski definition) is 2. The van der Waals surface area contributed by atoms with Crippen LogP contribution >= 0.6 is 0 Å². The molecule has 0 aliphatic carbocycles. The van der Waals surface area contributed by atoms with Gasteiger partial charge in [0.1, 0.15) is 0 Å². The third-order valence-electron chi connectivity index (χ3n) is 3.05. The van der Waals surface area contributed by atoms with Crippen molar-refractivity contribution in [3.63, 3.8) is 0 Å². The highest BCUT2D eigenvalue weighted by atomic mass is 15.1. The Kier molecular flexibility index (Phi) is 3.02. The molecule has 2 heterocycles. The molecule has 2 rings (SSSR count). The number of rotatable bonds is 2. The van der Waals surface area contributed by atoms with Gasteiger partial charge in [-0.05, 0) is 30.9 Å². The van der Waals surface area contributed by atoms with Crippen LogP contribution in [0.1, 0.15) is 19.3 Å². The summed E-state index contributed by atoms with van der Waals surface area (Å²) in [6, 6.07) is 4.18. The van der Waals surface area contributed by atoms with E-state index < -0.39 is 0 Å². The van der Waals surface area contributed by atoms with E-state index in [0.29, 0.717) is 0 Å². The van der Waals surface area contributed by atoms with Gasteiger partial charge in [0, 0.05) is 31.2 Å². The lowest BCUT2D eigenvalue weighted by molar-refractivity contribution is 0.408. The first-order valence-electron chi connectivity index (χ1n) is 5.34. The summed E-state index contributed by atoms with van der Waals surface area (Å²) in [5.41, 5.74) is 1.31. The van der Waals surface area contributed by atoms with E-state index in [0.717, 1.165) is 12.3 Å². The van der Waals surface area contributed by atoms with Crippen LogP contribution in [0.5, 0.6) is 0 Å². The Bertz CT molecular complexity index is 263. The minimum absolute atomic E-state index is 0.841. The van der Waals surface area contributed by atoms with Gasteiger partial charge in [0.15, 0.2) is 0 Å². The molecular weight excluding hydrogens is 172 g/mol. The molecule has 2 heteroatoms. The van der Waals surface area contributed by atoms with E-state index in [9.17, 15) is 0 Å². The van der Waals surface area contributed by atoms with Gasteiger partial charge in [-0.2, -0.15) is 0 Å². The molecule has 0 amide bonds. The second-order valence-electron chi connectivity index (χ2n) is 3.92. The van der Waals surface area contributed by atoms with E-state index in [4.69, 9.17) is 0 Å².